The van der Waals surface area contributed by atoms with Crippen LogP contribution in [0.2, 0.25) is 0 Å². The minimum atomic E-state index is -0.464. The zero-order valence-corrected chi connectivity index (χ0v) is 17.1. The van der Waals surface area contributed by atoms with Gasteiger partial charge in [-0.2, -0.15) is 0 Å². The molecular weight excluding hydrogens is 378 g/mol. The van der Waals surface area contributed by atoms with Crippen molar-refractivity contribution < 1.29 is 14.5 Å². The summed E-state index contributed by atoms with van der Waals surface area (Å²) >= 11 is 1.80. The highest BCUT2D eigenvalue weighted by atomic mass is 32.2. The lowest BCUT2D eigenvalue weighted by atomic mass is 10.00. The SMILES string of the molecule is CCCCCC(=O)N1CCC2(CC1)SCCN2C(=O)c1ccc([N+](=O)[O-])cc1. The van der Waals surface area contributed by atoms with Crippen LogP contribution in [0.1, 0.15) is 55.8 Å². The van der Waals surface area contributed by atoms with Gasteiger partial charge in [0, 0.05) is 49.5 Å². The fourth-order valence-corrected chi connectivity index (χ4v) is 5.44. The van der Waals surface area contributed by atoms with Crippen LogP contribution in [0.4, 0.5) is 5.69 Å². The Labute approximate surface area is 169 Å². The lowest BCUT2D eigenvalue weighted by Gasteiger charge is -2.44. The van der Waals surface area contributed by atoms with Crippen molar-refractivity contribution in [1.82, 2.24) is 9.80 Å². The van der Waals surface area contributed by atoms with Crippen LogP contribution in [0.15, 0.2) is 24.3 Å². The van der Waals surface area contributed by atoms with Crippen LogP contribution >= 0.6 is 11.8 Å². The van der Waals surface area contributed by atoms with Crippen LogP contribution in [-0.2, 0) is 4.79 Å². The van der Waals surface area contributed by atoms with Crippen molar-refractivity contribution in [3.8, 4) is 0 Å². The highest BCUT2D eigenvalue weighted by molar-refractivity contribution is 8.00. The Morgan fingerprint density at radius 2 is 1.82 bits per heavy atom. The largest absolute Gasteiger partial charge is 0.342 e. The standard InChI is InChI=1S/C20H27N3O4S/c1-2-3-4-5-18(24)21-12-10-20(11-13-21)22(14-15-28-20)19(25)16-6-8-17(9-7-16)23(26)27/h6-9H,2-5,10-15H2,1H3. The monoisotopic (exact) mass is 405 g/mol. The zero-order valence-electron chi connectivity index (χ0n) is 16.3. The van der Waals surface area contributed by atoms with E-state index in [1.165, 1.54) is 24.3 Å². The number of carbonyl (C=O) groups excluding carboxylic acids is 2. The number of carbonyl (C=O) groups is 2. The van der Waals surface area contributed by atoms with Crippen molar-refractivity contribution >= 4 is 29.3 Å². The van der Waals surface area contributed by atoms with E-state index in [0.29, 0.717) is 31.6 Å². The predicted molar refractivity (Wildman–Crippen MR) is 109 cm³/mol. The number of piperidine rings is 1. The van der Waals surface area contributed by atoms with Crippen molar-refractivity contribution in [3.63, 3.8) is 0 Å². The van der Waals surface area contributed by atoms with Crippen molar-refractivity contribution in [3.05, 3.63) is 39.9 Å². The predicted octanol–water partition coefficient (Wildman–Crippen LogP) is 3.68. The summed E-state index contributed by atoms with van der Waals surface area (Å²) in [5, 5.41) is 10.8. The minimum Gasteiger partial charge on any atom is -0.342 e. The first-order valence-corrected chi connectivity index (χ1v) is 10.9. The van der Waals surface area contributed by atoms with Crippen molar-refractivity contribution in [2.45, 2.75) is 50.3 Å². The first-order chi connectivity index (χ1) is 13.5. The normalized spacial score (nSPS) is 18.5. The van der Waals surface area contributed by atoms with Gasteiger partial charge in [0.1, 0.15) is 0 Å². The molecule has 7 nitrogen and oxygen atoms in total. The third-order valence-corrected chi connectivity index (χ3v) is 7.19. The Hall–Kier alpha value is -2.09. The Kier molecular flexibility index (Phi) is 6.59. The van der Waals surface area contributed by atoms with E-state index in [1.54, 1.807) is 11.8 Å². The summed E-state index contributed by atoms with van der Waals surface area (Å²) in [6.45, 7) is 4.16. The molecule has 28 heavy (non-hydrogen) atoms. The fourth-order valence-electron chi connectivity index (χ4n) is 3.98. The van der Waals surface area contributed by atoms with Crippen LogP contribution in [-0.4, -0.2) is 56.8 Å². The molecule has 152 valence electrons. The number of nitrogens with zero attached hydrogens (tertiary/aromatic N) is 3. The van der Waals surface area contributed by atoms with Crippen molar-refractivity contribution in [2.24, 2.45) is 0 Å². The van der Waals surface area contributed by atoms with Crippen LogP contribution in [0.3, 0.4) is 0 Å². The number of hydrogen-bond acceptors (Lipinski definition) is 5. The van der Waals surface area contributed by atoms with Gasteiger partial charge in [-0.15, -0.1) is 11.8 Å². The van der Waals surface area contributed by atoms with Crippen LogP contribution < -0.4 is 0 Å². The van der Waals surface area contributed by atoms with Crippen molar-refractivity contribution in [1.29, 1.82) is 0 Å². The number of thioether (sulfide) groups is 1. The number of nitro groups is 1. The number of non-ortho nitro benzene ring substituents is 1. The maximum Gasteiger partial charge on any atom is 0.269 e. The molecule has 2 aliphatic heterocycles. The zero-order chi connectivity index (χ0) is 20.1. The van der Waals surface area contributed by atoms with Gasteiger partial charge in [-0.25, -0.2) is 0 Å². The maximum atomic E-state index is 13.1. The van der Waals surface area contributed by atoms with Crippen LogP contribution in [0.5, 0.6) is 0 Å². The summed E-state index contributed by atoms with van der Waals surface area (Å²) in [4.78, 5) is 39.4. The first kappa shape index (κ1) is 20.6. The molecule has 0 aromatic heterocycles. The highest BCUT2D eigenvalue weighted by Crippen LogP contribution is 2.44. The molecule has 3 rings (SSSR count). The Balaban J connectivity index is 1.63. The van der Waals surface area contributed by atoms with Gasteiger partial charge in [0.15, 0.2) is 0 Å². The molecule has 0 saturated carbocycles. The van der Waals surface area contributed by atoms with Gasteiger partial charge in [-0.3, -0.25) is 19.7 Å². The van der Waals surface area contributed by atoms with Gasteiger partial charge >= 0.3 is 0 Å². The molecule has 1 aromatic rings. The van der Waals surface area contributed by atoms with E-state index in [9.17, 15) is 19.7 Å². The number of likely N-dealkylation sites (tertiary alicyclic amines) is 1. The third-order valence-electron chi connectivity index (χ3n) is 5.64. The van der Waals surface area contributed by atoms with Gasteiger partial charge in [0.25, 0.3) is 11.6 Å². The molecule has 1 aromatic carbocycles. The molecule has 1 spiro atoms. The minimum absolute atomic E-state index is 0.0167. The molecule has 2 saturated heterocycles. The summed E-state index contributed by atoms with van der Waals surface area (Å²) < 4.78 is 0. The lowest BCUT2D eigenvalue weighted by Crippen LogP contribution is -2.53. The van der Waals surface area contributed by atoms with Crippen LogP contribution in [0.25, 0.3) is 0 Å². The van der Waals surface area contributed by atoms with Gasteiger partial charge in [0.05, 0.1) is 9.79 Å². The second-order valence-corrected chi connectivity index (χ2v) is 8.85. The summed E-state index contributed by atoms with van der Waals surface area (Å²) in [5.41, 5.74) is 0.461. The molecule has 2 amide bonds. The second-order valence-electron chi connectivity index (χ2n) is 7.39. The smallest absolute Gasteiger partial charge is 0.269 e. The molecule has 0 aliphatic carbocycles. The highest BCUT2D eigenvalue weighted by Gasteiger charge is 2.47. The van der Waals surface area contributed by atoms with Gasteiger partial charge in [0.2, 0.25) is 5.91 Å². The quantitative estimate of drug-likeness (QED) is 0.409. The van der Waals surface area contributed by atoms with E-state index in [4.69, 9.17) is 0 Å². The Bertz CT molecular complexity index is 729. The topological polar surface area (TPSA) is 83.8 Å². The van der Waals surface area contributed by atoms with Crippen molar-refractivity contribution in [2.75, 3.05) is 25.4 Å². The van der Waals surface area contributed by atoms with Crippen LogP contribution in [0, 0.1) is 10.1 Å². The summed E-state index contributed by atoms with van der Waals surface area (Å²) in [7, 11) is 0. The maximum absolute atomic E-state index is 13.1. The van der Waals surface area contributed by atoms with Gasteiger partial charge in [-0.05, 0) is 31.4 Å². The number of nitro benzene ring substituents is 1. The summed E-state index contributed by atoms with van der Waals surface area (Å²) in [5.74, 6) is 1.02. The fraction of sp³-hybridized carbons (Fsp3) is 0.600. The molecule has 0 bridgehead atoms. The molecule has 0 atom stereocenters. The number of rotatable bonds is 6. The molecule has 2 heterocycles. The Morgan fingerprint density at radius 3 is 2.43 bits per heavy atom. The van der Waals surface area contributed by atoms with E-state index < -0.39 is 4.92 Å². The number of hydrogen-bond donors (Lipinski definition) is 0. The summed E-state index contributed by atoms with van der Waals surface area (Å²) in [6.07, 6.45) is 5.28. The molecule has 0 unspecified atom stereocenters. The molecule has 0 N–H and O–H groups in total. The number of amides is 2. The molecule has 0 radical (unpaired) electrons. The average Bonchev–Trinajstić information content (AvgIpc) is 3.11. The first-order valence-electron chi connectivity index (χ1n) is 9.95. The second kappa shape index (κ2) is 8.94. The van der Waals surface area contributed by atoms with E-state index in [0.717, 1.165) is 37.9 Å². The average molecular weight is 406 g/mol. The molecule has 2 aliphatic rings. The Morgan fingerprint density at radius 1 is 1.14 bits per heavy atom. The van der Waals surface area contributed by atoms with E-state index in [2.05, 4.69) is 6.92 Å². The number of benzene rings is 1. The third kappa shape index (κ3) is 4.32. The van der Waals surface area contributed by atoms with E-state index in [1.807, 2.05) is 9.80 Å². The van der Waals surface area contributed by atoms with Gasteiger partial charge < -0.3 is 9.80 Å². The number of unbranched alkanes of at least 4 members (excludes halogenated alkanes) is 2. The van der Waals surface area contributed by atoms with Gasteiger partial charge in [-0.1, -0.05) is 19.8 Å². The van der Waals surface area contributed by atoms with E-state index >= 15 is 0 Å². The molecule has 8 heteroatoms. The molecular formula is C20H27N3O4S. The molecule has 2 fully saturated rings. The van der Waals surface area contributed by atoms with E-state index in [-0.39, 0.29) is 22.4 Å². The summed E-state index contributed by atoms with van der Waals surface area (Å²) in [6, 6.07) is 5.81. The lowest BCUT2D eigenvalue weighted by molar-refractivity contribution is -0.384.